The zero-order valence-electron chi connectivity index (χ0n) is 51.1. The van der Waals surface area contributed by atoms with Crippen molar-refractivity contribution in [2.24, 2.45) is 0 Å². The van der Waals surface area contributed by atoms with E-state index in [1.54, 1.807) is 0 Å². The molecule has 0 rings (SSSR count). The summed E-state index contributed by atoms with van der Waals surface area (Å²) < 4.78 is 16.9. The van der Waals surface area contributed by atoms with Gasteiger partial charge < -0.3 is 14.2 Å². The van der Waals surface area contributed by atoms with E-state index in [0.29, 0.717) is 19.3 Å². The first-order valence-electron chi connectivity index (χ1n) is 34.2. The van der Waals surface area contributed by atoms with E-state index in [-0.39, 0.29) is 31.1 Å². The van der Waals surface area contributed by atoms with Crippen LogP contribution in [-0.4, -0.2) is 37.2 Å². The highest BCUT2D eigenvalue weighted by Crippen LogP contribution is 2.19. The molecule has 0 aromatic rings. The number of allylic oxidation sites excluding steroid dienone is 2. The van der Waals surface area contributed by atoms with Crippen LogP contribution in [0.5, 0.6) is 0 Å². The third-order valence-electron chi connectivity index (χ3n) is 15.8. The maximum absolute atomic E-state index is 12.9. The van der Waals surface area contributed by atoms with E-state index >= 15 is 0 Å². The lowest BCUT2D eigenvalue weighted by Crippen LogP contribution is -2.30. The van der Waals surface area contributed by atoms with Crippen molar-refractivity contribution in [3.63, 3.8) is 0 Å². The van der Waals surface area contributed by atoms with Gasteiger partial charge in [-0.2, -0.15) is 0 Å². The number of hydrogen-bond acceptors (Lipinski definition) is 6. The summed E-state index contributed by atoms with van der Waals surface area (Å²) in [5, 5.41) is 0. The van der Waals surface area contributed by atoms with E-state index in [4.69, 9.17) is 14.2 Å². The van der Waals surface area contributed by atoms with Gasteiger partial charge >= 0.3 is 17.9 Å². The molecule has 444 valence electrons. The smallest absolute Gasteiger partial charge is 0.306 e. The Hall–Kier alpha value is -1.85. The second-order valence-corrected chi connectivity index (χ2v) is 23.5. The van der Waals surface area contributed by atoms with Crippen molar-refractivity contribution in [1.82, 2.24) is 0 Å². The quantitative estimate of drug-likeness (QED) is 0.0261. The standard InChI is InChI=1S/C69H132O6/c1-4-7-10-13-16-19-21-23-25-27-29-30-31-32-33-34-35-36-37-38-40-41-43-45-47-50-53-56-59-62-68(71)74-65-66(64-73-67(70)61-58-55-52-49-18-15-12-9-6-3)75-69(72)63-60-57-54-51-48-46-44-42-39-28-26-24-22-20-17-14-11-8-5-2/h24,26,66H,4-23,25,27-65H2,1-3H3/b26-24-. The van der Waals surface area contributed by atoms with Crippen molar-refractivity contribution >= 4 is 17.9 Å². The Morgan fingerprint density at radius 1 is 0.253 bits per heavy atom. The average molecular weight is 1060 g/mol. The molecule has 0 amide bonds. The average Bonchev–Trinajstić information content (AvgIpc) is 3.41. The van der Waals surface area contributed by atoms with Crippen molar-refractivity contribution in [2.45, 2.75) is 399 Å². The van der Waals surface area contributed by atoms with Crippen LogP contribution in [0.2, 0.25) is 0 Å². The van der Waals surface area contributed by atoms with E-state index < -0.39 is 6.10 Å². The van der Waals surface area contributed by atoms with E-state index in [9.17, 15) is 14.4 Å². The van der Waals surface area contributed by atoms with Crippen LogP contribution in [0.3, 0.4) is 0 Å². The van der Waals surface area contributed by atoms with Crippen LogP contribution in [0.4, 0.5) is 0 Å². The van der Waals surface area contributed by atoms with Gasteiger partial charge in [-0.15, -0.1) is 0 Å². The fourth-order valence-corrected chi connectivity index (χ4v) is 10.6. The highest BCUT2D eigenvalue weighted by molar-refractivity contribution is 5.71. The molecule has 75 heavy (non-hydrogen) atoms. The Balaban J connectivity index is 4.06. The lowest BCUT2D eigenvalue weighted by molar-refractivity contribution is -0.167. The van der Waals surface area contributed by atoms with Gasteiger partial charge in [-0.25, -0.2) is 0 Å². The minimum Gasteiger partial charge on any atom is -0.462 e. The first-order valence-corrected chi connectivity index (χ1v) is 34.2. The van der Waals surface area contributed by atoms with Gasteiger partial charge in [0.1, 0.15) is 13.2 Å². The molecule has 0 spiro atoms. The fourth-order valence-electron chi connectivity index (χ4n) is 10.6. The molecular weight excluding hydrogens is 925 g/mol. The predicted octanol–water partition coefficient (Wildman–Crippen LogP) is 23.2. The maximum Gasteiger partial charge on any atom is 0.306 e. The second kappa shape index (κ2) is 64.7. The summed E-state index contributed by atoms with van der Waals surface area (Å²) in [6.07, 6.45) is 76.9. The summed E-state index contributed by atoms with van der Waals surface area (Å²) >= 11 is 0. The van der Waals surface area contributed by atoms with Crippen molar-refractivity contribution in [3.8, 4) is 0 Å². The van der Waals surface area contributed by atoms with Crippen LogP contribution >= 0.6 is 0 Å². The predicted molar refractivity (Wildman–Crippen MR) is 326 cm³/mol. The molecular formula is C69H132O6. The molecule has 0 aromatic carbocycles. The number of carbonyl (C=O) groups excluding carboxylic acids is 3. The minimum atomic E-state index is -0.766. The molecule has 0 heterocycles. The third kappa shape index (κ3) is 62.9. The number of rotatable bonds is 64. The van der Waals surface area contributed by atoms with Gasteiger partial charge in [0.15, 0.2) is 6.10 Å². The van der Waals surface area contributed by atoms with Crippen LogP contribution in [0, 0.1) is 0 Å². The van der Waals surface area contributed by atoms with Crippen LogP contribution in [0.25, 0.3) is 0 Å². The van der Waals surface area contributed by atoms with Crippen LogP contribution in [-0.2, 0) is 28.6 Å². The first kappa shape index (κ1) is 73.2. The Morgan fingerprint density at radius 3 is 0.667 bits per heavy atom. The molecule has 0 saturated carbocycles. The number of hydrogen-bond donors (Lipinski definition) is 0. The summed E-state index contributed by atoms with van der Waals surface area (Å²) in [5.41, 5.74) is 0. The van der Waals surface area contributed by atoms with E-state index in [1.807, 2.05) is 0 Å². The number of ether oxygens (including phenoxy) is 3. The molecule has 6 heteroatoms. The summed E-state index contributed by atoms with van der Waals surface area (Å²) in [5.74, 6) is -0.840. The number of carbonyl (C=O) groups is 3. The van der Waals surface area contributed by atoms with Gasteiger partial charge in [-0.05, 0) is 44.9 Å². The van der Waals surface area contributed by atoms with Crippen LogP contribution in [0.1, 0.15) is 393 Å². The Morgan fingerprint density at radius 2 is 0.440 bits per heavy atom. The van der Waals surface area contributed by atoms with Crippen LogP contribution in [0.15, 0.2) is 12.2 Å². The Labute approximate surface area is 469 Å². The normalized spacial score (nSPS) is 12.0. The maximum atomic E-state index is 12.9. The van der Waals surface area contributed by atoms with Crippen LogP contribution < -0.4 is 0 Å². The lowest BCUT2D eigenvalue weighted by atomic mass is 10.0. The zero-order valence-corrected chi connectivity index (χ0v) is 51.1. The first-order chi connectivity index (χ1) is 37.0. The largest absolute Gasteiger partial charge is 0.462 e. The topological polar surface area (TPSA) is 78.9 Å². The molecule has 0 aliphatic heterocycles. The van der Waals surface area contributed by atoms with Crippen molar-refractivity contribution in [1.29, 1.82) is 0 Å². The molecule has 0 radical (unpaired) electrons. The highest BCUT2D eigenvalue weighted by Gasteiger charge is 2.19. The van der Waals surface area contributed by atoms with Gasteiger partial charge in [-0.1, -0.05) is 341 Å². The Bertz CT molecular complexity index is 1170. The summed E-state index contributed by atoms with van der Waals surface area (Å²) in [6.45, 7) is 6.69. The molecule has 0 bridgehead atoms. The molecule has 0 N–H and O–H groups in total. The molecule has 0 saturated heterocycles. The second-order valence-electron chi connectivity index (χ2n) is 23.5. The Kier molecular flexibility index (Phi) is 63.1. The summed E-state index contributed by atoms with van der Waals surface area (Å²) in [7, 11) is 0. The molecule has 1 unspecified atom stereocenters. The molecule has 6 nitrogen and oxygen atoms in total. The minimum absolute atomic E-state index is 0.0646. The van der Waals surface area contributed by atoms with Gasteiger partial charge in [0.2, 0.25) is 0 Å². The van der Waals surface area contributed by atoms with Crippen molar-refractivity contribution in [3.05, 3.63) is 12.2 Å². The number of esters is 3. The molecule has 1 atom stereocenters. The molecule has 0 fully saturated rings. The SMILES string of the molecule is CCCCCCCC/C=C\CCCCCCCCCCCC(=O)OC(COC(=O)CCCCCCCCCCC)COC(=O)CCCCCCCCCCCCCCCCCCCCCCCCCCCCCCC. The highest BCUT2D eigenvalue weighted by atomic mass is 16.6. The van der Waals surface area contributed by atoms with Gasteiger partial charge in [0.05, 0.1) is 0 Å². The van der Waals surface area contributed by atoms with Gasteiger partial charge in [0.25, 0.3) is 0 Å². The monoisotopic (exact) mass is 1060 g/mol. The zero-order chi connectivity index (χ0) is 54.3. The van der Waals surface area contributed by atoms with Crippen molar-refractivity contribution < 1.29 is 28.6 Å². The summed E-state index contributed by atoms with van der Waals surface area (Å²) in [4.78, 5) is 38.2. The molecule has 0 aliphatic rings. The summed E-state index contributed by atoms with van der Waals surface area (Å²) in [6, 6.07) is 0. The number of unbranched alkanes of at least 4 members (excludes halogenated alkanes) is 51. The fraction of sp³-hybridized carbons (Fsp3) is 0.928. The van der Waals surface area contributed by atoms with Gasteiger partial charge in [0, 0.05) is 19.3 Å². The van der Waals surface area contributed by atoms with E-state index in [1.165, 1.54) is 295 Å². The molecule has 0 aliphatic carbocycles. The van der Waals surface area contributed by atoms with E-state index in [0.717, 1.165) is 57.8 Å². The van der Waals surface area contributed by atoms with Gasteiger partial charge in [-0.3, -0.25) is 14.4 Å². The lowest BCUT2D eigenvalue weighted by Gasteiger charge is -2.18. The molecule has 0 aromatic heterocycles. The van der Waals surface area contributed by atoms with E-state index in [2.05, 4.69) is 32.9 Å². The van der Waals surface area contributed by atoms with Crippen molar-refractivity contribution in [2.75, 3.05) is 13.2 Å². The third-order valence-corrected chi connectivity index (χ3v) is 15.8.